The van der Waals surface area contributed by atoms with E-state index < -0.39 is 11.9 Å². The van der Waals surface area contributed by atoms with Crippen LogP contribution in [0.3, 0.4) is 0 Å². The average Bonchev–Trinajstić information content (AvgIpc) is 2.94. The van der Waals surface area contributed by atoms with E-state index in [0.717, 1.165) is 70.6 Å². The number of hydrogen-bond donors (Lipinski definition) is 2. The molecule has 0 radical (unpaired) electrons. The number of unbranched alkanes of at least 4 members (excludes halogenated alkanes) is 2. The van der Waals surface area contributed by atoms with Crippen LogP contribution in [0.15, 0.2) is 0 Å². The van der Waals surface area contributed by atoms with Crippen molar-refractivity contribution in [3.05, 3.63) is 49.3 Å². The fraction of sp³-hybridized carbons (Fsp3) is 0.750. The number of carboxylic acids is 2. The van der Waals surface area contributed by atoms with E-state index in [1.165, 1.54) is 0 Å². The van der Waals surface area contributed by atoms with Crippen LogP contribution in [0.1, 0.15) is 115 Å². The molecule has 2 fully saturated rings. The summed E-state index contributed by atoms with van der Waals surface area (Å²) in [6.45, 7) is 3.74. The van der Waals surface area contributed by atoms with Crippen LogP contribution >= 0.6 is 20.2 Å². The molecule has 12 heteroatoms. The molecular weight excluding hydrogens is 596 g/mol. The molecule has 1 aromatic heterocycles. The second-order valence-corrected chi connectivity index (χ2v) is 12.6. The van der Waals surface area contributed by atoms with E-state index in [4.69, 9.17) is 41.5 Å². The number of carbonyl (C=O) groups is 2. The standard InChI is InChI=1S/C28H41N5O4.2ClH.Mn/c1-2-3-4-9-18-25(27(34)35)23-16-31-21-12-7-5-10-19(21)29-14-15-30-20-11-6-8-13-22(20)32-17-24(33-23)26(18)28(36)37;;;/h19-22H,2-17H2,1H3,(H,34,35)(H,36,37);2*1H;/q-4;;;+2/p-2/t19-,20?,21-,22?;;;/m1.../s1. The third kappa shape index (κ3) is 9.53. The molecule has 0 spiro atoms. The Bertz CT molecular complexity index is 907. The molecule has 40 heavy (non-hydrogen) atoms. The van der Waals surface area contributed by atoms with Crippen LogP contribution in [-0.2, 0) is 32.6 Å². The maximum atomic E-state index is 12.5. The number of fused-ring (bicyclic) bond motifs is 4. The molecular formula is C28H41Cl2MnN5O4-4. The Kier molecular flexibility index (Phi) is 15.0. The molecule has 9 nitrogen and oxygen atoms in total. The van der Waals surface area contributed by atoms with Gasteiger partial charge in [0.25, 0.3) is 0 Å². The van der Waals surface area contributed by atoms with Gasteiger partial charge in [0.15, 0.2) is 0 Å². The number of halogens is 2. The van der Waals surface area contributed by atoms with Gasteiger partial charge in [0.1, 0.15) is 0 Å². The number of hydrogen-bond acceptors (Lipinski definition) is 3. The van der Waals surface area contributed by atoms with Gasteiger partial charge in [0.2, 0.25) is 0 Å². The van der Waals surface area contributed by atoms with Gasteiger partial charge in [-0.1, -0.05) is 71.1 Å². The van der Waals surface area contributed by atoms with Crippen molar-refractivity contribution in [2.75, 3.05) is 13.1 Å². The molecule has 227 valence electrons. The fourth-order valence-electron chi connectivity index (χ4n) is 6.17. The van der Waals surface area contributed by atoms with Gasteiger partial charge in [-0.05, 0) is 18.4 Å². The van der Waals surface area contributed by atoms with Crippen LogP contribution in [0.25, 0.3) is 21.3 Å². The number of nitrogens with zero attached hydrogens (tertiary/aromatic N) is 5. The number of rotatable bonds is 6. The minimum atomic E-state index is -1.14. The van der Waals surface area contributed by atoms with Crippen LogP contribution in [0.4, 0.5) is 0 Å². The van der Waals surface area contributed by atoms with Gasteiger partial charge in [-0.2, -0.15) is 37.3 Å². The van der Waals surface area contributed by atoms with Crippen LogP contribution in [0.2, 0.25) is 0 Å². The van der Waals surface area contributed by atoms with Crippen molar-refractivity contribution < 1.29 is 32.9 Å². The van der Waals surface area contributed by atoms with Gasteiger partial charge < -0.3 is 31.5 Å². The van der Waals surface area contributed by atoms with Crippen LogP contribution in [-0.4, -0.2) is 64.4 Å². The summed E-state index contributed by atoms with van der Waals surface area (Å²) in [5.41, 5.74) is 1.12. The summed E-state index contributed by atoms with van der Waals surface area (Å²) in [6, 6.07) is 0.299. The van der Waals surface area contributed by atoms with Gasteiger partial charge in [0, 0.05) is 11.4 Å². The van der Waals surface area contributed by atoms with Crippen molar-refractivity contribution in [2.45, 2.75) is 121 Å². The third-order valence-electron chi connectivity index (χ3n) is 8.07. The zero-order valence-corrected chi connectivity index (χ0v) is 25.9. The Morgan fingerprint density at radius 3 is 1.55 bits per heavy atom. The van der Waals surface area contributed by atoms with Gasteiger partial charge in [-0.25, -0.2) is 9.59 Å². The monoisotopic (exact) mass is 636 g/mol. The molecule has 0 saturated heterocycles. The van der Waals surface area contributed by atoms with Crippen LogP contribution < -0.4 is 0 Å². The molecule has 2 heterocycles. The molecule has 2 aliphatic carbocycles. The number of pyridine rings is 1. The number of carboxylic acid groups (broad SMARTS) is 2. The topological polar surface area (TPSA) is 144 Å². The fourth-order valence-corrected chi connectivity index (χ4v) is 6.17. The van der Waals surface area contributed by atoms with Gasteiger partial charge in [-0.3, -0.25) is 4.98 Å². The second kappa shape index (κ2) is 17.9. The molecule has 2 N–H and O–H groups in total. The first-order valence-corrected chi connectivity index (χ1v) is 17.7. The predicted octanol–water partition coefficient (Wildman–Crippen LogP) is 7.72. The van der Waals surface area contributed by atoms with E-state index in [1.54, 1.807) is 0 Å². The van der Waals surface area contributed by atoms with Gasteiger partial charge >= 0.3 is 45.3 Å². The van der Waals surface area contributed by atoms with Crippen LogP contribution in [0, 0.1) is 0 Å². The Labute approximate surface area is 252 Å². The van der Waals surface area contributed by atoms with E-state index in [2.05, 4.69) is 11.9 Å². The minimum absolute atomic E-state index is 0.00694. The Morgan fingerprint density at radius 2 is 1.18 bits per heavy atom. The Hall–Kier alpha value is -0.971. The van der Waals surface area contributed by atoms with E-state index in [9.17, 15) is 19.8 Å². The predicted molar refractivity (Wildman–Crippen MR) is 156 cm³/mol. The van der Waals surface area contributed by atoms with Gasteiger partial charge in [0.05, 0.1) is 11.1 Å². The molecule has 0 aromatic carbocycles. The summed E-state index contributed by atoms with van der Waals surface area (Å²) in [7, 11) is 9.59. The van der Waals surface area contributed by atoms with E-state index >= 15 is 0 Å². The van der Waals surface area contributed by atoms with E-state index in [1.807, 2.05) is 0 Å². The SMILES string of the molecule is CCCCCc1c(C(=O)O)c2nc(c1C(=O)O)C[N-][C@@H]1CCCC[C@H]1[N-]CC[N-]C1CCCCC1[N-]C2.[Cl][Mn][Cl]. The first kappa shape index (κ1) is 33.5. The summed E-state index contributed by atoms with van der Waals surface area (Å²) in [5.74, 6) is -2.27. The summed E-state index contributed by atoms with van der Waals surface area (Å²) in [4.78, 5) is 29.7. The molecule has 4 atom stereocenters. The molecule has 2 bridgehead atoms. The van der Waals surface area contributed by atoms with Gasteiger partial charge in [-0.15, -0.1) is 13.1 Å². The summed E-state index contributed by atoms with van der Waals surface area (Å²) < 4.78 is 0. The van der Waals surface area contributed by atoms with Crippen molar-refractivity contribution >= 4 is 32.1 Å². The zero-order valence-electron chi connectivity index (χ0n) is 23.2. The summed E-state index contributed by atoms with van der Waals surface area (Å²) in [5, 5.41) is 40.2. The Morgan fingerprint density at radius 1 is 0.775 bits per heavy atom. The zero-order chi connectivity index (χ0) is 28.9. The van der Waals surface area contributed by atoms with Crippen molar-refractivity contribution in [1.29, 1.82) is 0 Å². The third-order valence-corrected chi connectivity index (χ3v) is 8.07. The first-order chi connectivity index (χ1) is 19.4. The molecule has 1 aromatic rings. The van der Waals surface area contributed by atoms with Crippen LogP contribution in [0.5, 0.6) is 0 Å². The molecule has 0 amide bonds. The molecule has 4 rings (SSSR count). The molecule has 3 aliphatic rings. The number of aromatic carboxylic acids is 2. The van der Waals surface area contributed by atoms with Crippen molar-refractivity contribution in [3.63, 3.8) is 0 Å². The second-order valence-electron chi connectivity index (χ2n) is 10.7. The average molecular weight is 638 g/mol. The molecule has 1 aliphatic heterocycles. The molecule has 2 unspecified atom stereocenters. The van der Waals surface area contributed by atoms with Crippen molar-refractivity contribution in [1.82, 2.24) is 4.98 Å². The Balaban J connectivity index is 0.00000141. The maximum absolute atomic E-state index is 12.5. The summed E-state index contributed by atoms with van der Waals surface area (Å²) in [6.07, 6.45) is 11.2. The van der Waals surface area contributed by atoms with Crippen molar-refractivity contribution in [3.8, 4) is 0 Å². The van der Waals surface area contributed by atoms with E-state index in [-0.39, 0.29) is 61.5 Å². The van der Waals surface area contributed by atoms with E-state index in [0.29, 0.717) is 36.5 Å². The first-order valence-electron chi connectivity index (χ1n) is 14.5. The quantitative estimate of drug-likeness (QED) is 0.242. The molecule has 2 saturated carbocycles. The summed E-state index contributed by atoms with van der Waals surface area (Å²) >= 11 is 0.00694. The normalized spacial score (nSPS) is 25.7. The number of aromatic nitrogens is 1. The van der Waals surface area contributed by atoms with Crippen molar-refractivity contribution in [2.24, 2.45) is 0 Å².